The van der Waals surface area contributed by atoms with Crippen molar-refractivity contribution in [1.29, 1.82) is 0 Å². The number of urea groups is 1. The number of nitrogens with zero attached hydrogens (tertiary/aromatic N) is 3. The topological polar surface area (TPSA) is 94.2 Å². The fourth-order valence-corrected chi connectivity index (χ4v) is 7.17. The van der Waals surface area contributed by atoms with Gasteiger partial charge in [-0.3, -0.25) is 9.59 Å². The zero-order chi connectivity index (χ0) is 33.0. The van der Waals surface area contributed by atoms with Crippen molar-refractivity contribution in [2.24, 2.45) is 5.92 Å². The summed E-state index contributed by atoms with van der Waals surface area (Å²) in [4.78, 5) is 47.9. The lowest BCUT2D eigenvalue weighted by atomic mass is 10.0. The van der Waals surface area contributed by atoms with E-state index in [-0.39, 0.29) is 29.8 Å². The van der Waals surface area contributed by atoms with Gasteiger partial charge < -0.3 is 30.1 Å². The summed E-state index contributed by atoms with van der Waals surface area (Å²) in [5, 5.41) is 6.18. The Kier molecular flexibility index (Phi) is 13.0. The minimum absolute atomic E-state index is 0.0356. The molecule has 3 heterocycles. The number of amides is 4. The Bertz CT molecular complexity index is 1270. The monoisotopic (exact) mass is 645 g/mol. The molecule has 2 N–H and O–H groups in total. The van der Waals surface area contributed by atoms with Crippen LogP contribution in [0.25, 0.3) is 0 Å². The second kappa shape index (κ2) is 17.5. The summed E-state index contributed by atoms with van der Waals surface area (Å²) in [6, 6.07) is 16.4. The maximum Gasteiger partial charge on any atom is 0.318 e. The normalized spacial score (nSPS) is 20.1. The maximum absolute atomic E-state index is 14.3. The van der Waals surface area contributed by atoms with Crippen LogP contribution >= 0.6 is 0 Å². The molecular weight excluding hydrogens is 590 g/mol. The fraction of sp³-hybridized carbons (Fsp3) is 0.605. The molecule has 47 heavy (non-hydrogen) atoms. The highest BCUT2D eigenvalue weighted by molar-refractivity contribution is 5.92. The van der Waals surface area contributed by atoms with Crippen molar-refractivity contribution in [3.8, 4) is 5.75 Å². The SMILES string of the molecule is CC(C)C[C@H](NC(=O)N1CCCCCC1)C(=O)N[C@@H](Cc1ccc(OCc2ccccc2)cc1)C(=O)N1CCC[C@H]1CN1CCCC1. The molecule has 3 saturated heterocycles. The predicted octanol–water partition coefficient (Wildman–Crippen LogP) is 5.38. The van der Waals surface area contributed by atoms with E-state index in [1.54, 1.807) is 0 Å². The zero-order valence-corrected chi connectivity index (χ0v) is 28.5. The van der Waals surface area contributed by atoms with E-state index < -0.39 is 12.1 Å². The van der Waals surface area contributed by atoms with Crippen LogP contribution in [-0.2, 0) is 22.6 Å². The first-order chi connectivity index (χ1) is 22.9. The molecule has 3 fully saturated rings. The fourth-order valence-electron chi connectivity index (χ4n) is 7.17. The first-order valence-corrected chi connectivity index (χ1v) is 18.0. The third-order valence-electron chi connectivity index (χ3n) is 9.77. The third-order valence-corrected chi connectivity index (χ3v) is 9.77. The molecule has 0 aromatic heterocycles. The van der Waals surface area contributed by atoms with Crippen LogP contribution in [0.4, 0.5) is 4.79 Å². The number of benzene rings is 2. The highest BCUT2D eigenvalue weighted by atomic mass is 16.5. The molecule has 5 rings (SSSR count). The number of carbonyl (C=O) groups excluding carboxylic acids is 3. The quantitative estimate of drug-likeness (QED) is 0.305. The smallest absolute Gasteiger partial charge is 0.318 e. The Morgan fingerprint density at radius 2 is 1.45 bits per heavy atom. The highest BCUT2D eigenvalue weighted by Gasteiger charge is 2.36. The molecule has 0 aliphatic carbocycles. The molecule has 0 bridgehead atoms. The van der Waals surface area contributed by atoms with Gasteiger partial charge in [0, 0.05) is 38.6 Å². The number of hydrogen-bond donors (Lipinski definition) is 2. The van der Waals surface area contributed by atoms with Crippen molar-refractivity contribution in [3.05, 3.63) is 65.7 Å². The van der Waals surface area contributed by atoms with Gasteiger partial charge in [0.2, 0.25) is 11.8 Å². The summed E-state index contributed by atoms with van der Waals surface area (Å²) >= 11 is 0. The van der Waals surface area contributed by atoms with Gasteiger partial charge in [-0.1, -0.05) is 69.2 Å². The van der Waals surface area contributed by atoms with Crippen LogP contribution < -0.4 is 15.4 Å². The maximum atomic E-state index is 14.3. The number of hydrogen-bond acceptors (Lipinski definition) is 5. The van der Waals surface area contributed by atoms with Crippen LogP contribution in [0.5, 0.6) is 5.75 Å². The van der Waals surface area contributed by atoms with Crippen LogP contribution in [0.3, 0.4) is 0 Å². The second-order valence-corrected chi connectivity index (χ2v) is 14.1. The minimum atomic E-state index is -0.734. The molecule has 9 heteroatoms. The van der Waals surface area contributed by atoms with E-state index in [1.807, 2.05) is 64.4 Å². The largest absolute Gasteiger partial charge is 0.489 e. The number of rotatable bonds is 13. The average molecular weight is 646 g/mol. The van der Waals surface area contributed by atoms with Crippen LogP contribution in [0.1, 0.15) is 82.8 Å². The molecule has 3 aliphatic heterocycles. The van der Waals surface area contributed by atoms with E-state index in [4.69, 9.17) is 4.74 Å². The van der Waals surface area contributed by atoms with E-state index in [9.17, 15) is 14.4 Å². The van der Waals surface area contributed by atoms with Gasteiger partial charge >= 0.3 is 6.03 Å². The Hall–Kier alpha value is -3.59. The molecule has 0 unspecified atom stereocenters. The zero-order valence-electron chi connectivity index (χ0n) is 28.5. The van der Waals surface area contributed by atoms with E-state index >= 15 is 0 Å². The number of nitrogens with one attached hydrogen (secondary N) is 2. The lowest BCUT2D eigenvalue weighted by Crippen LogP contribution is -2.57. The summed E-state index contributed by atoms with van der Waals surface area (Å²) in [5.41, 5.74) is 2.04. The van der Waals surface area contributed by atoms with Gasteiger partial charge in [-0.25, -0.2) is 4.79 Å². The Morgan fingerprint density at radius 3 is 2.13 bits per heavy atom. The van der Waals surface area contributed by atoms with Crippen LogP contribution in [-0.4, -0.2) is 89.9 Å². The van der Waals surface area contributed by atoms with Crippen molar-refractivity contribution < 1.29 is 19.1 Å². The minimum Gasteiger partial charge on any atom is -0.489 e. The number of likely N-dealkylation sites (tertiary alicyclic amines) is 3. The molecule has 0 spiro atoms. The van der Waals surface area contributed by atoms with Crippen molar-refractivity contribution in [2.75, 3.05) is 39.3 Å². The summed E-state index contributed by atoms with van der Waals surface area (Å²) < 4.78 is 5.99. The molecule has 2 aromatic rings. The lowest BCUT2D eigenvalue weighted by molar-refractivity contribution is -0.137. The summed E-state index contributed by atoms with van der Waals surface area (Å²) in [5.74, 6) is 0.615. The average Bonchev–Trinajstić information content (AvgIpc) is 3.69. The van der Waals surface area contributed by atoms with E-state index in [0.29, 0.717) is 39.1 Å². The molecular formula is C38H55N5O4. The van der Waals surface area contributed by atoms with Crippen LogP contribution in [0.2, 0.25) is 0 Å². The number of ether oxygens (including phenoxy) is 1. The molecule has 0 radical (unpaired) electrons. The van der Waals surface area contributed by atoms with E-state index in [1.165, 1.54) is 12.8 Å². The van der Waals surface area contributed by atoms with Gasteiger partial charge in [-0.2, -0.15) is 0 Å². The molecule has 3 aliphatic rings. The molecule has 4 amide bonds. The second-order valence-electron chi connectivity index (χ2n) is 14.1. The summed E-state index contributed by atoms with van der Waals surface area (Å²) in [7, 11) is 0. The van der Waals surface area contributed by atoms with Gasteiger partial charge in [-0.05, 0) is 87.2 Å². The summed E-state index contributed by atoms with van der Waals surface area (Å²) in [6.07, 6.45) is 9.46. The Balaban J connectivity index is 1.30. The molecule has 0 saturated carbocycles. The summed E-state index contributed by atoms with van der Waals surface area (Å²) in [6.45, 7) is 9.77. The van der Waals surface area contributed by atoms with Crippen molar-refractivity contribution in [2.45, 2.75) is 103 Å². The van der Waals surface area contributed by atoms with Crippen LogP contribution in [0, 0.1) is 5.92 Å². The van der Waals surface area contributed by atoms with Crippen molar-refractivity contribution in [1.82, 2.24) is 25.3 Å². The molecule has 3 atom stereocenters. The van der Waals surface area contributed by atoms with Crippen LogP contribution in [0.15, 0.2) is 54.6 Å². The standard InChI is InChI=1S/C38H55N5O4/c1-29(2)25-34(40-38(46)42-22-8-3-4-9-23-42)36(44)39-35(37(45)43-24-12-15-32(43)27-41-20-10-11-21-41)26-30-16-18-33(19-17-30)47-28-31-13-6-5-7-14-31/h5-7,13-14,16-19,29,32,34-35H,3-4,8-12,15,20-28H2,1-2H3,(H,39,44)(H,40,46)/t32-,34-,35-/m0/s1. The van der Waals surface area contributed by atoms with Crippen molar-refractivity contribution >= 4 is 17.8 Å². The van der Waals surface area contributed by atoms with Gasteiger partial charge in [0.25, 0.3) is 0 Å². The Morgan fingerprint density at radius 1 is 0.766 bits per heavy atom. The van der Waals surface area contributed by atoms with Gasteiger partial charge in [0.05, 0.1) is 0 Å². The van der Waals surface area contributed by atoms with Crippen molar-refractivity contribution in [3.63, 3.8) is 0 Å². The first-order valence-electron chi connectivity index (χ1n) is 18.0. The first kappa shape index (κ1) is 34.7. The molecule has 9 nitrogen and oxygen atoms in total. The molecule has 2 aromatic carbocycles. The lowest BCUT2D eigenvalue weighted by Gasteiger charge is -2.33. The third kappa shape index (κ3) is 10.4. The van der Waals surface area contributed by atoms with Gasteiger partial charge in [0.1, 0.15) is 24.4 Å². The van der Waals surface area contributed by atoms with E-state index in [2.05, 4.69) is 29.4 Å². The number of carbonyl (C=O) groups is 3. The van der Waals surface area contributed by atoms with E-state index in [0.717, 1.165) is 75.0 Å². The molecule has 256 valence electrons. The highest BCUT2D eigenvalue weighted by Crippen LogP contribution is 2.23. The van der Waals surface area contributed by atoms with Gasteiger partial charge in [0.15, 0.2) is 0 Å². The van der Waals surface area contributed by atoms with Gasteiger partial charge in [-0.15, -0.1) is 0 Å². The Labute approximate surface area is 281 Å². The predicted molar refractivity (Wildman–Crippen MR) is 185 cm³/mol.